The number of hydrogen-bond donors (Lipinski definition) is 1. The molecule has 0 amide bonds. The van der Waals surface area contributed by atoms with Crippen molar-refractivity contribution in [2.24, 2.45) is 5.73 Å². The number of pyridine rings is 1. The highest BCUT2D eigenvalue weighted by Crippen LogP contribution is 2.18. The van der Waals surface area contributed by atoms with Gasteiger partial charge < -0.3 is 5.73 Å². The molecule has 0 fully saturated rings. The molecular formula is C10H15FN2. The molecule has 0 radical (unpaired) electrons. The minimum atomic E-state index is -0.300. The van der Waals surface area contributed by atoms with Crippen LogP contribution in [0.15, 0.2) is 18.5 Å². The molecule has 13 heavy (non-hydrogen) atoms. The maximum atomic E-state index is 13.1. The molecule has 2 nitrogen and oxygen atoms in total. The van der Waals surface area contributed by atoms with E-state index in [0.29, 0.717) is 5.56 Å². The molecule has 0 saturated carbocycles. The van der Waals surface area contributed by atoms with Crippen LogP contribution in [-0.4, -0.2) is 4.98 Å². The Balaban J connectivity index is 2.65. The Labute approximate surface area is 78.0 Å². The van der Waals surface area contributed by atoms with E-state index >= 15 is 0 Å². The molecule has 0 aliphatic heterocycles. The summed E-state index contributed by atoms with van der Waals surface area (Å²) in [7, 11) is 0. The fraction of sp³-hybridized carbons (Fsp3) is 0.500. The summed E-state index contributed by atoms with van der Waals surface area (Å²) in [6.45, 7) is 2.09. The minimum Gasteiger partial charge on any atom is -0.324 e. The second kappa shape index (κ2) is 4.92. The van der Waals surface area contributed by atoms with E-state index in [-0.39, 0.29) is 11.9 Å². The van der Waals surface area contributed by atoms with Gasteiger partial charge in [0.1, 0.15) is 5.82 Å². The van der Waals surface area contributed by atoms with E-state index in [0.717, 1.165) is 19.3 Å². The fourth-order valence-corrected chi connectivity index (χ4v) is 1.27. The first kappa shape index (κ1) is 10.1. The summed E-state index contributed by atoms with van der Waals surface area (Å²) in [5.74, 6) is -0.300. The number of hydrogen-bond acceptors (Lipinski definition) is 2. The molecule has 1 aromatic heterocycles. The Bertz CT molecular complexity index is 263. The lowest BCUT2D eigenvalue weighted by Crippen LogP contribution is -2.12. The van der Waals surface area contributed by atoms with Crippen LogP contribution in [0.5, 0.6) is 0 Å². The Morgan fingerprint density at radius 2 is 2.38 bits per heavy atom. The van der Waals surface area contributed by atoms with E-state index in [2.05, 4.69) is 11.9 Å². The number of nitrogens with two attached hydrogens (primary N) is 1. The molecule has 1 atom stereocenters. The molecule has 0 aliphatic carbocycles. The molecule has 1 aromatic rings. The van der Waals surface area contributed by atoms with Crippen molar-refractivity contribution in [2.45, 2.75) is 32.2 Å². The van der Waals surface area contributed by atoms with Gasteiger partial charge in [0.2, 0.25) is 0 Å². The first-order valence-corrected chi connectivity index (χ1v) is 4.60. The highest BCUT2D eigenvalue weighted by Gasteiger charge is 2.09. The van der Waals surface area contributed by atoms with Crippen molar-refractivity contribution in [3.8, 4) is 0 Å². The first-order chi connectivity index (χ1) is 6.25. The SMILES string of the molecule is CCCCC(N)c1ccncc1F. The monoisotopic (exact) mass is 182 g/mol. The molecule has 0 aliphatic rings. The number of rotatable bonds is 4. The second-order valence-electron chi connectivity index (χ2n) is 3.15. The van der Waals surface area contributed by atoms with Crippen molar-refractivity contribution in [3.05, 3.63) is 29.8 Å². The van der Waals surface area contributed by atoms with Gasteiger partial charge in [0.15, 0.2) is 0 Å². The Morgan fingerprint density at radius 3 is 3.00 bits per heavy atom. The zero-order chi connectivity index (χ0) is 9.68. The third-order valence-corrected chi connectivity index (χ3v) is 2.07. The normalized spacial score (nSPS) is 12.8. The lowest BCUT2D eigenvalue weighted by molar-refractivity contribution is 0.544. The largest absolute Gasteiger partial charge is 0.324 e. The molecule has 2 N–H and O–H groups in total. The standard InChI is InChI=1S/C10H15FN2/c1-2-3-4-10(12)8-5-6-13-7-9(8)11/h5-7,10H,2-4,12H2,1H3. The van der Waals surface area contributed by atoms with Gasteiger partial charge in [0.25, 0.3) is 0 Å². The van der Waals surface area contributed by atoms with Crippen molar-refractivity contribution in [1.82, 2.24) is 4.98 Å². The maximum absolute atomic E-state index is 13.1. The molecule has 72 valence electrons. The van der Waals surface area contributed by atoms with Crippen LogP contribution >= 0.6 is 0 Å². The third kappa shape index (κ3) is 2.77. The van der Waals surface area contributed by atoms with Gasteiger partial charge in [-0.2, -0.15) is 0 Å². The number of halogens is 1. The zero-order valence-electron chi connectivity index (χ0n) is 7.83. The first-order valence-electron chi connectivity index (χ1n) is 4.60. The summed E-state index contributed by atoms with van der Waals surface area (Å²) >= 11 is 0. The van der Waals surface area contributed by atoms with Crippen molar-refractivity contribution in [2.75, 3.05) is 0 Å². The summed E-state index contributed by atoms with van der Waals surface area (Å²) in [4.78, 5) is 3.68. The Hall–Kier alpha value is -0.960. The molecule has 0 bridgehead atoms. The Morgan fingerprint density at radius 1 is 1.62 bits per heavy atom. The lowest BCUT2D eigenvalue weighted by atomic mass is 10.0. The summed E-state index contributed by atoms with van der Waals surface area (Å²) in [6.07, 6.45) is 5.73. The van der Waals surface area contributed by atoms with E-state index in [9.17, 15) is 4.39 Å². The molecular weight excluding hydrogens is 167 g/mol. The quantitative estimate of drug-likeness (QED) is 0.776. The molecule has 0 saturated heterocycles. The summed E-state index contributed by atoms with van der Waals surface area (Å²) in [5.41, 5.74) is 6.39. The van der Waals surface area contributed by atoms with E-state index in [4.69, 9.17) is 5.73 Å². The van der Waals surface area contributed by atoms with Gasteiger partial charge in [0, 0.05) is 17.8 Å². The molecule has 1 heterocycles. The van der Waals surface area contributed by atoms with E-state index in [1.54, 1.807) is 12.3 Å². The predicted octanol–water partition coefficient (Wildman–Crippen LogP) is 2.41. The van der Waals surface area contributed by atoms with Crippen molar-refractivity contribution < 1.29 is 4.39 Å². The van der Waals surface area contributed by atoms with Crippen LogP contribution in [-0.2, 0) is 0 Å². The van der Waals surface area contributed by atoms with Crippen molar-refractivity contribution >= 4 is 0 Å². The van der Waals surface area contributed by atoms with Gasteiger partial charge in [0.05, 0.1) is 6.20 Å². The van der Waals surface area contributed by atoms with Crippen LogP contribution in [0.1, 0.15) is 37.8 Å². The lowest BCUT2D eigenvalue weighted by Gasteiger charge is -2.11. The average Bonchev–Trinajstić information content (AvgIpc) is 2.15. The third-order valence-electron chi connectivity index (χ3n) is 2.07. The number of nitrogens with zero attached hydrogens (tertiary/aromatic N) is 1. The van der Waals surface area contributed by atoms with Gasteiger partial charge in [-0.3, -0.25) is 4.98 Å². The number of unbranched alkanes of at least 4 members (excludes halogenated alkanes) is 1. The fourth-order valence-electron chi connectivity index (χ4n) is 1.27. The highest BCUT2D eigenvalue weighted by molar-refractivity contribution is 5.16. The molecule has 0 aromatic carbocycles. The maximum Gasteiger partial charge on any atom is 0.146 e. The van der Waals surface area contributed by atoms with Crippen LogP contribution in [0.4, 0.5) is 4.39 Å². The van der Waals surface area contributed by atoms with E-state index in [1.807, 2.05) is 0 Å². The molecule has 0 spiro atoms. The van der Waals surface area contributed by atoms with Crippen LogP contribution in [0, 0.1) is 5.82 Å². The Kier molecular flexibility index (Phi) is 3.83. The van der Waals surface area contributed by atoms with Crippen LogP contribution < -0.4 is 5.73 Å². The average molecular weight is 182 g/mol. The summed E-state index contributed by atoms with van der Waals surface area (Å²) in [5, 5.41) is 0. The molecule has 3 heteroatoms. The van der Waals surface area contributed by atoms with Gasteiger partial charge in [-0.15, -0.1) is 0 Å². The van der Waals surface area contributed by atoms with Gasteiger partial charge in [-0.1, -0.05) is 19.8 Å². The van der Waals surface area contributed by atoms with E-state index in [1.165, 1.54) is 6.20 Å². The smallest absolute Gasteiger partial charge is 0.146 e. The topological polar surface area (TPSA) is 38.9 Å². The van der Waals surface area contributed by atoms with Crippen molar-refractivity contribution in [3.63, 3.8) is 0 Å². The van der Waals surface area contributed by atoms with Crippen molar-refractivity contribution in [1.29, 1.82) is 0 Å². The summed E-state index contributed by atoms with van der Waals surface area (Å²) in [6, 6.07) is 1.46. The molecule has 1 rings (SSSR count). The minimum absolute atomic E-state index is 0.192. The zero-order valence-corrected chi connectivity index (χ0v) is 7.83. The van der Waals surface area contributed by atoms with Gasteiger partial charge in [-0.25, -0.2) is 4.39 Å². The van der Waals surface area contributed by atoms with Gasteiger partial charge in [-0.05, 0) is 12.5 Å². The highest BCUT2D eigenvalue weighted by atomic mass is 19.1. The second-order valence-corrected chi connectivity index (χ2v) is 3.15. The molecule has 1 unspecified atom stereocenters. The van der Waals surface area contributed by atoms with Crippen LogP contribution in [0.3, 0.4) is 0 Å². The number of aromatic nitrogens is 1. The van der Waals surface area contributed by atoms with E-state index < -0.39 is 0 Å². The predicted molar refractivity (Wildman–Crippen MR) is 50.6 cm³/mol. The van der Waals surface area contributed by atoms with Crippen LogP contribution in [0.25, 0.3) is 0 Å². The van der Waals surface area contributed by atoms with Crippen LogP contribution in [0.2, 0.25) is 0 Å². The summed E-state index contributed by atoms with van der Waals surface area (Å²) < 4.78 is 13.1. The van der Waals surface area contributed by atoms with Gasteiger partial charge >= 0.3 is 0 Å².